The summed E-state index contributed by atoms with van der Waals surface area (Å²) in [6, 6.07) is 11.7. The van der Waals surface area contributed by atoms with E-state index >= 15 is 0 Å². The third-order valence-corrected chi connectivity index (χ3v) is 8.61. The Hall–Kier alpha value is -0.910. The van der Waals surface area contributed by atoms with Crippen molar-refractivity contribution < 1.29 is 5.78 Å². The molecule has 0 saturated carbocycles. The van der Waals surface area contributed by atoms with Crippen molar-refractivity contribution in [3.8, 4) is 0 Å². The molecule has 0 N–H and O–H groups in total. The first-order chi connectivity index (χ1) is 9.64. The van der Waals surface area contributed by atoms with Gasteiger partial charge in [-0.15, -0.1) is 0 Å². The molecule has 114 valence electrons. The number of aryl methyl sites for hydroxylation is 1. The van der Waals surface area contributed by atoms with Gasteiger partial charge < -0.3 is 0 Å². The van der Waals surface area contributed by atoms with E-state index in [9.17, 15) is 5.78 Å². The number of halogens is 2. The summed E-state index contributed by atoms with van der Waals surface area (Å²) in [6.45, 7) is 10.2. The molecule has 0 bridgehead atoms. The zero-order chi connectivity index (χ0) is 15.8. The van der Waals surface area contributed by atoms with Crippen molar-refractivity contribution in [1.29, 1.82) is 0 Å². The van der Waals surface area contributed by atoms with E-state index in [0.717, 1.165) is 16.7 Å². The molecule has 0 fully saturated rings. The van der Waals surface area contributed by atoms with Crippen LogP contribution in [0.4, 0.5) is 5.78 Å². The Morgan fingerprint density at radius 3 is 1.95 bits per heavy atom. The van der Waals surface area contributed by atoms with Crippen LogP contribution in [0, 0.1) is 13.8 Å². The fourth-order valence-corrected chi connectivity index (χ4v) is 6.37. The van der Waals surface area contributed by atoms with E-state index in [4.69, 9.17) is 0 Å². The van der Waals surface area contributed by atoms with Gasteiger partial charge in [0, 0.05) is 0 Å². The summed E-state index contributed by atoms with van der Waals surface area (Å²) in [5.41, 5.74) is 2.98. The molecule has 2 aromatic carbocycles. The Morgan fingerprint density at radius 2 is 1.43 bits per heavy atom. The molecule has 0 nitrogen and oxygen atoms in total. The van der Waals surface area contributed by atoms with Crippen LogP contribution >= 0.6 is 0 Å². The summed E-state index contributed by atoms with van der Waals surface area (Å²) in [4.78, 5) is 0. The van der Waals surface area contributed by atoms with Crippen molar-refractivity contribution in [3.63, 3.8) is 0 Å². The van der Waals surface area contributed by atoms with Gasteiger partial charge in [-0.1, -0.05) is 0 Å². The zero-order valence-corrected chi connectivity index (χ0v) is 15.5. The molecule has 0 aliphatic heterocycles. The van der Waals surface area contributed by atoms with Crippen LogP contribution in [0.1, 0.15) is 37.5 Å². The number of benzene rings is 2. The minimum absolute atomic E-state index is 0.125. The van der Waals surface area contributed by atoms with Gasteiger partial charge in [0.1, 0.15) is 0 Å². The minimum atomic E-state index is -5.23. The molecule has 21 heavy (non-hydrogen) atoms. The molecule has 2 aromatic rings. The van der Waals surface area contributed by atoms with Crippen LogP contribution in [-0.4, -0.2) is 19.3 Å². The second kappa shape index (κ2) is 5.71. The quantitative estimate of drug-likeness (QED) is 0.662. The Labute approximate surface area is 131 Å². The second-order valence-corrected chi connectivity index (χ2v) is 11.8. The predicted octanol–water partition coefficient (Wildman–Crippen LogP) is 4.10. The number of hydrogen-bond donors (Lipinski definition) is 0. The van der Waals surface area contributed by atoms with Gasteiger partial charge in [0.2, 0.25) is 0 Å². The van der Waals surface area contributed by atoms with E-state index in [1.807, 2.05) is 13.8 Å². The fraction of sp³-hybridized carbons (Fsp3) is 0.333. The molecule has 0 amide bonds. The van der Waals surface area contributed by atoms with E-state index in [-0.39, 0.29) is 12.6 Å². The maximum atomic E-state index is 15.0. The molecular formula is C18H22F2Te. The molecule has 2 rings (SSSR count). The third kappa shape index (κ3) is 3.30. The summed E-state index contributed by atoms with van der Waals surface area (Å²) >= 11 is -5.23. The summed E-state index contributed by atoms with van der Waals surface area (Å²) in [7, 11) is 0. The van der Waals surface area contributed by atoms with Gasteiger partial charge in [0.25, 0.3) is 0 Å². The van der Waals surface area contributed by atoms with Gasteiger partial charge in [-0.25, -0.2) is 0 Å². The Kier molecular flexibility index (Phi) is 4.47. The van der Waals surface area contributed by atoms with Crippen LogP contribution < -0.4 is 7.22 Å². The van der Waals surface area contributed by atoms with E-state index in [1.165, 1.54) is 0 Å². The van der Waals surface area contributed by atoms with E-state index in [0.29, 0.717) is 0 Å². The van der Waals surface area contributed by atoms with Crippen LogP contribution in [0.5, 0.6) is 0 Å². The summed E-state index contributed by atoms with van der Waals surface area (Å²) in [5, 5.41) is 0. The van der Waals surface area contributed by atoms with Crippen molar-refractivity contribution in [2.75, 3.05) is 0 Å². The molecule has 0 atom stereocenters. The topological polar surface area (TPSA) is 0 Å². The average Bonchev–Trinajstić information content (AvgIpc) is 2.41. The first-order valence-electron chi connectivity index (χ1n) is 7.03. The van der Waals surface area contributed by atoms with E-state index < -0.39 is 19.3 Å². The van der Waals surface area contributed by atoms with Gasteiger partial charge in [0.15, 0.2) is 0 Å². The van der Waals surface area contributed by atoms with Crippen LogP contribution in [0.25, 0.3) is 0 Å². The standard InChI is InChI=1S/C18H22F2Te/c1-13-11-16(12-17(14(13)2)18(3,4)5)21(19,20)15-9-7-6-8-10-15/h6-12H,1-5H3. The number of rotatable bonds is 2. The maximum absolute atomic E-state index is 15.0. The first-order valence-corrected chi connectivity index (χ1v) is 11.1. The number of hydrogen-bond acceptors (Lipinski definition) is 0. The summed E-state index contributed by atoms with van der Waals surface area (Å²) in [6.07, 6.45) is 0. The Balaban J connectivity index is 2.62. The average molecular weight is 404 g/mol. The Morgan fingerprint density at radius 1 is 0.857 bits per heavy atom. The molecule has 0 aliphatic carbocycles. The van der Waals surface area contributed by atoms with Crippen molar-refractivity contribution in [1.82, 2.24) is 0 Å². The second-order valence-electron chi connectivity index (χ2n) is 6.44. The molecule has 0 heterocycles. The Bertz CT molecular complexity index is 640. The van der Waals surface area contributed by atoms with Gasteiger partial charge in [-0.05, 0) is 0 Å². The van der Waals surface area contributed by atoms with Gasteiger partial charge in [0.05, 0.1) is 0 Å². The first kappa shape index (κ1) is 16.5. The van der Waals surface area contributed by atoms with E-state index in [1.54, 1.807) is 42.5 Å². The molecule has 0 aliphatic rings. The fourth-order valence-electron chi connectivity index (χ4n) is 2.48. The van der Waals surface area contributed by atoms with Crippen molar-refractivity contribution >= 4 is 26.5 Å². The van der Waals surface area contributed by atoms with Crippen LogP contribution in [-0.2, 0) is 5.41 Å². The molecule has 0 spiro atoms. The molecule has 0 saturated heterocycles. The van der Waals surface area contributed by atoms with Crippen molar-refractivity contribution in [3.05, 3.63) is 59.2 Å². The summed E-state index contributed by atoms with van der Waals surface area (Å²) in [5.74, 6) is 0. The van der Waals surface area contributed by atoms with Crippen LogP contribution in [0.2, 0.25) is 0 Å². The molecular weight excluding hydrogens is 382 g/mol. The van der Waals surface area contributed by atoms with Gasteiger partial charge in [-0.2, -0.15) is 0 Å². The molecule has 0 aromatic heterocycles. The SMILES string of the molecule is Cc1cc([Te](F)(F)c2ccccc2)cc(C(C)(C)C)c1C. The van der Waals surface area contributed by atoms with Crippen LogP contribution in [0.15, 0.2) is 42.5 Å². The molecule has 3 heteroatoms. The van der Waals surface area contributed by atoms with Gasteiger partial charge in [-0.3, -0.25) is 0 Å². The predicted molar refractivity (Wildman–Crippen MR) is 88.3 cm³/mol. The van der Waals surface area contributed by atoms with E-state index in [2.05, 4.69) is 20.8 Å². The normalized spacial score (nSPS) is 13.3. The molecule has 0 unspecified atom stereocenters. The third-order valence-electron chi connectivity index (χ3n) is 3.78. The molecule has 0 radical (unpaired) electrons. The summed E-state index contributed by atoms with van der Waals surface area (Å²) < 4.78 is 30.4. The zero-order valence-electron chi connectivity index (χ0n) is 13.2. The van der Waals surface area contributed by atoms with Gasteiger partial charge >= 0.3 is 132 Å². The van der Waals surface area contributed by atoms with Crippen LogP contribution in [0.3, 0.4) is 0 Å². The monoisotopic (exact) mass is 406 g/mol. The van der Waals surface area contributed by atoms with Crippen molar-refractivity contribution in [2.24, 2.45) is 0 Å². The van der Waals surface area contributed by atoms with Crippen molar-refractivity contribution in [2.45, 2.75) is 40.0 Å².